The normalized spacial score (nSPS) is 13.9. The summed E-state index contributed by atoms with van der Waals surface area (Å²) in [7, 11) is 0. The summed E-state index contributed by atoms with van der Waals surface area (Å²) in [6, 6.07) is 16.5. The van der Waals surface area contributed by atoms with Crippen molar-refractivity contribution in [3.05, 3.63) is 59.7 Å². The van der Waals surface area contributed by atoms with Crippen LogP contribution < -0.4 is 10.6 Å². The number of amides is 2. The molecule has 0 aromatic heterocycles. The van der Waals surface area contributed by atoms with Gasteiger partial charge in [-0.05, 0) is 53.4 Å². The van der Waals surface area contributed by atoms with Crippen molar-refractivity contribution < 1.29 is 24.2 Å². The van der Waals surface area contributed by atoms with Gasteiger partial charge in [-0.2, -0.15) is 0 Å². The second-order valence-corrected chi connectivity index (χ2v) is 9.53. The summed E-state index contributed by atoms with van der Waals surface area (Å²) in [6.07, 6.45) is 2.24. The molecule has 3 rings (SSSR count). The molecule has 0 saturated carbocycles. The number of nitrogens with one attached hydrogen (secondary N) is 2. The molecule has 1 aliphatic rings. The number of hydrogen-bond donors (Lipinski definition) is 3. The molecule has 2 aromatic rings. The Hall–Kier alpha value is -3.35. The summed E-state index contributed by atoms with van der Waals surface area (Å²) in [4.78, 5) is 35.0. The Morgan fingerprint density at radius 2 is 1.43 bits per heavy atom. The third-order valence-corrected chi connectivity index (χ3v) is 6.60. The Morgan fingerprint density at radius 3 is 2.06 bits per heavy atom. The van der Waals surface area contributed by atoms with Gasteiger partial charge in [0.1, 0.15) is 6.61 Å². The van der Waals surface area contributed by atoms with Crippen LogP contribution in [-0.2, 0) is 14.3 Å². The number of benzene rings is 2. The molecule has 0 saturated heterocycles. The number of carbonyl (C=O) groups is 3. The van der Waals surface area contributed by atoms with E-state index in [1.165, 1.54) is 22.3 Å². The number of carboxylic acids is 1. The summed E-state index contributed by atoms with van der Waals surface area (Å²) >= 11 is 0. The van der Waals surface area contributed by atoms with Crippen LogP contribution in [0.15, 0.2) is 48.5 Å². The molecule has 0 heterocycles. The number of carboxylic acid groups (broad SMARTS) is 1. The molecule has 0 radical (unpaired) electrons. The number of rotatable bonds is 13. The van der Waals surface area contributed by atoms with Gasteiger partial charge in [0, 0.05) is 31.8 Å². The summed E-state index contributed by atoms with van der Waals surface area (Å²) < 4.78 is 5.56. The molecule has 0 bridgehead atoms. The van der Waals surface area contributed by atoms with Crippen molar-refractivity contribution in [3.63, 3.8) is 0 Å². The maximum Gasteiger partial charge on any atom is 0.407 e. The molecule has 2 amide bonds. The van der Waals surface area contributed by atoms with E-state index in [4.69, 9.17) is 9.84 Å². The molecule has 2 unspecified atom stereocenters. The van der Waals surface area contributed by atoms with Gasteiger partial charge in [0.2, 0.25) is 5.91 Å². The van der Waals surface area contributed by atoms with Gasteiger partial charge in [-0.15, -0.1) is 0 Å². The Morgan fingerprint density at radius 1 is 0.857 bits per heavy atom. The van der Waals surface area contributed by atoms with E-state index < -0.39 is 12.1 Å². The van der Waals surface area contributed by atoms with Gasteiger partial charge < -0.3 is 20.5 Å². The zero-order valence-electron chi connectivity index (χ0n) is 20.6. The first-order valence-electron chi connectivity index (χ1n) is 12.4. The monoisotopic (exact) mass is 480 g/mol. The highest BCUT2D eigenvalue weighted by molar-refractivity contribution is 5.79. The van der Waals surface area contributed by atoms with Crippen LogP contribution in [0.1, 0.15) is 63.0 Å². The van der Waals surface area contributed by atoms with Crippen LogP contribution in [0.5, 0.6) is 0 Å². The van der Waals surface area contributed by atoms with E-state index in [0.29, 0.717) is 32.5 Å². The molecule has 3 N–H and O–H groups in total. The minimum absolute atomic E-state index is 0.0242. The molecule has 0 aliphatic heterocycles. The van der Waals surface area contributed by atoms with Crippen LogP contribution in [0.4, 0.5) is 4.79 Å². The fourth-order valence-electron chi connectivity index (χ4n) is 4.54. The van der Waals surface area contributed by atoms with Crippen molar-refractivity contribution in [3.8, 4) is 11.1 Å². The fraction of sp³-hybridized carbons (Fsp3) is 0.464. The third kappa shape index (κ3) is 7.84. The zero-order valence-corrected chi connectivity index (χ0v) is 20.6. The van der Waals surface area contributed by atoms with Crippen LogP contribution in [0.3, 0.4) is 0 Å². The SMILES string of the molecule is CC(CCNC(=O)OCC1c2ccccc2-c2ccccc21)CCC(=O)NCCC(C)CC(=O)O. The number of aliphatic carboxylic acids is 1. The van der Waals surface area contributed by atoms with Crippen molar-refractivity contribution in [2.75, 3.05) is 19.7 Å². The lowest BCUT2D eigenvalue weighted by Crippen LogP contribution is -2.28. The second kappa shape index (κ2) is 12.9. The average molecular weight is 481 g/mol. The Kier molecular flexibility index (Phi) is 9.70. The summed E-state index contributed by atoms with van der Waals surface area (Å²) in [5.41, 5.74) is 4.77. The minimum Gasteiger partial charge on any atom is -0.481 e. The van der Waals surface area contributed by atoms with E-state index in [0.717, 1.165) is 12.8 Å². The second-order valence-electron chi connectivity index (χ2n) is 9.53. The topological polar surface area (TPSA) is 105 Å². The van der Waals surface area contributed by atoms with Crippen LogP contribution in [0.2, 0.25) is 0 Å². The molecule has 2 atom stereocenters. The highest BCUT2D eigenvalue weighted by Crippen LogP contribution is 2.44. The van der Waals surface area contributed by atoms with Crippen LogP contribution in [0.25, 0.3) is 11.1 Å². The predicted octanol–water partition coefficient (Wildman–Crippen LogP) is 4.95. The summed E-state index contributed by atoms with van der Waals surface area (Å²) in [5.74, 6) is -0.484. The highest BCUT2D eigenvalue weighted by atomic mass is 16.5. The van der Waals surface area contributed by atoms with E-state index in [-0.39, 0.29) is 30.1 Å². The zero-order chi connectivity index (χ0) is 25.2. The lowest BCUT2D eigenvalue weighted by molar-refractivity contribution is -0.138. The van der Waals surface area contributed by atoms with Gasteiger partial charge in [-0.3, -0.25) is 9.59 Å². The Balaban J connectivity index is 1.31. The molecule has 0 spiro atoms. The minimum atomic E-state index is -0.815. The molecular formula is C28H36N2O5. The summed E-state index contributed by atoms with van der Waals surface area (Å²) in [6.45, 7) is 5.20. The van der Waals surface area contributed by atoms with E-state index in [1.54, 1.807) is 0 Å². The quantitative estimate of drug-likeness (QED) is 0.376. The summed E-state index contributed by atoms with van der Waals surface area (Å²) in [5, 5.41) is 14.5. The van der Waals surface area contributed by atoms with Crippen molar-refractivity contribution in [1.29, 1.82) is 0 Å². The molecule has 1 aliphatic carbocycles. The Labute approximate surface area is 207 Å². The van der Waals surface area contributed by atoms with E-state index in [1.807, 2.05) is 31.2 Å². The van der Waals surface area contributed by atoms with Gasteiger partial charge in [0.15, 0.2) is 0 Å². The van der Waals surface area contributed by atoms with E-state index >= 15 is 0 Å². The van der Waals surface area contributed by atoms with Crippen LogP contribution in [-0.4, -0.2) is 42.8 Å². The maximum absolute atomic E-state index is 12.3. The van der Waals surface area contributed by atoms with Crippen LogP contribution in [0, 0.1) is 11.8 Å². The Bertz CT molecular complexity index is 976. The first kappa shape index (κ1) is 26.3. The number of alkyl carbamates (subject to hydrolysis) is 1. The largest absolute Gasteiger partial charge is 0.481 e. The molecule has 7 nitrogen and oxygen atoms in total. The standard InChI is InChI=1S/C28H36N2O5/c1-19(11-12-26(31)29-15-14-20(2)17-27(32)33)13-16-30-28(34)35-18-25-23-9-5-3-7-21(23)22-8-4-6-10-24(22)25/h3-10,19-20,25H,11-18H2,1-2H3,(H,29,31)(H,30,34)(H,32,33). The molecular weight excluding hydrogens is 444 g/mol. The van der Waals surface area contributed by atoms with Gasteiger partial charge in [-0.25, -0.2) is 4.79 Å². The molecule has 0 fully saturated rings. The maximum atomic E-state index is 12.3. The smallest absolute Gasteiger partial charge is 0.407 e. The fourth-order valence-corrected chi connectivity index (χ4v) is 4.54. The van der Waals surface area contributed by atoms with E-state index in [9.17, 15) is 14.4 Å². The molecule has 188 valence electrons. The number of hydrogen-bond acceptors (Lipinski definition) is 4. The first-order valence-corrected chi connectivity index (χ1v) is 12.4. The van der Waals surface area contributed by atoms with Crippen molar-refractivity contribution in [1.82, 2.24) is 10.6 Å². The highest BCUT2D eigenvalue weighted by Gasteiger charge is 2.28. The molecule has 7 heteroatoms. The van der Waals surface area contributed by atoms with Crippen molar-refractivity contribution in [2.24, 2.45) is 11.8 Å². The van der Waals surface area contributed by atoms with Gasteiger partial charge in [0.05, 0.1) is 0 Å². The number of ether oxygens (including phenoxy) is 1. The number of fused-ring (bicyclic) bond motifs is 3. The molecule has 2 aromatic carbocycles. The predicted molar refractivity (Wildman–Crippen MR) is 135 cm³/mol. The van der Waals surface area contributed by atoms with Gasteiger partial charge in [0.25, 0.3) is 0 Å². The van der Waals surface area contributed by atoms with Crippen LogP contribution >= 0.6 is 0 Å². The van der Waals surface area contributed by atoms with Crippen molar-refractivity contribution in [2.45, 2.75) is 51.9 Å². The van der Waals surface area contributed by atoms with Crippen molar-refractivity contribution >= 4 is 18.0 Å². The average Bonchev–Trinajstić information content (AvgIpc) is 3.15. The number of carbonyl (C=O) groups excluding carboxylic acids is 2. The third-order valence-electron chi connectivity index (χ3n) is 6.60. The first-order chi connectivity index (χ1) is 16.8. The van der Waals surface area contributed by atoms with E-state index in [2.05, 4.69) is 41.8 Å². The van der Waals surface area contributed by atoms with Gasteiger partial charge in [-0.1, -0.05) is 62.4 Å². The lowest BCUT2D eigenvalue weighted by Gasteiger charge is -2.15. The molecule has 35 heavy (non-hydrogen) atoms. The lowest BCUT2D eigenvalue weighted by atomic mass is 9.98. The van der Waals surface area contributed by atoms with Gasteiger partial charge >= 0.3 is 12.1 Å².